The molecule has 0 bridgehead atoms. The molecule has 5 heteroatoms. The molecule has 2 rings (SSSR count). The highest BCUT2D eigenvalue weighted by molar-refractivity contribution is 6.42. The first-order valence-electron chi connectivity index (χ1n) is 6.10. The van der Waals surface area contributed by atoms with Crippen molar-refractivity contribution in [3.8, 4) is 0 Å². The van der Waals surface area contributed by atoms with E-state index in [-0.39, 0.29) is 6.04 Å². The molecule has 0 aliphatic rings. The fourth-order valence-corrected chi connectivity index (χ4v) is 2.54. The lowest BCUT2D eigenvalue weighted by molar-refractivity contribution is 0.575. The van der Waals surface area contributed by atoms with E-state index in [4.69, 9.17) is 46.4 Å². The van der Waals surface area contributed by atoms with Crippen molar-refractivity contribution in [3.05, 3.63) is 67.6 Å². The van der Waals surface area contributed by atoms with Crippen molar-refractivity contribution in [2.75, 3.05) is 0 Å². The Morgan fingerprint density at radius 3 is 2.40 bits per heavy atom. The predicted octanol–water partition coefficient (Wildman–Crippen LogP) is 6.15. The second-order valence-electron chi connectivity index (χ2n) is 4.49. The zero-order valence-corrected chi connectivity index (χ0v) is 13.8. The van der Waals surface area contributed by atoms with Gasteiger partial charge in [-0.1, -0.05) is 64.6 Å². The molecule has 1 N–H and O–H groups in total. The third-order valence-corrected chi connectivity index (χ3v) is 4.67. The first kappa shape index (κ1) is 15.9. The Bertz CT molecular complexity index is 613. The molecule has 1 unspecified atom stereocenters. The third kappa shape index (κ3) is 3.81. The predicted molar refractivity (Wildman–Crippen MR) is 88.2 cm³/mol. The average molecular weight is 349 g/mol. The summed E-state index contributed by atoms with van der Waals surface area (Å²) in [5.74, 6) is 0. The van der Waals surface area contributed by atoms with Crippen LogP contribution in [0.15, 0.2) is 36.4 Å². The minimum atomic E-state index is 0.125. The lowest BCUT2D eigenvalue weighted by Gasteiger charge is -2.16. The van der Waals surface area contributed by atoms with E-state index in [0.717, 1.165) is 11.1 Å². The molecule has 0 amide bonds. The van der Waals surface area contributed by atoms with Gasteiger partial charge in [0.25, 0.3) is 0 Å². The van der Waals surface area contributed by atoms with Crippen LogP contribution in [0.4, 0.5) is 0 Å². The molecule has 0 saturated heterocycles. The fraction of sp³-hybridized carbons (Fsp3) is 0.200. The van der Waals surface area contributed by atoms with Gasteiger partial charge >= 0.3 is 0 Å². The molecule has 0 aliphatic carbocycles. The van der Waals surface area contributed by atoms with Crippen LogP contribution in [-0.4, -0.2) is 0 Å². The molecule has 0 saturated carbocycles. The highest BCUT2D eigenvalue weighted by Gasteiger charge is 2.09. The van der Waals surface area contributed by atoms with Crippen molar-refractivity contribution < 1.29 is 0 Å². The standard InChI is InChI=1S/C15H13Cl4N/c1-9(10-5-6-12(16)14(18)7-10)20-8-11-3-2-4-13(17)15(11)19/h2-7,9,20H,8H2,1H3. The van der Waals surface area contributed by atoms with Crippen molar-refractivity contribution >= 4 is 46.4 Å². The molecule has 106 valence electrons. The van der Waals surface area contributed by atoms with E-state index in [1.165, 1.54) is 0 Å². The van der Waals surface area contributed by atoms with Crippen LogP contribution < -0.4 is 5.32 Å². The van der Waals surface area contributed by atoms with Crippen LogP contribution in [0.3, 0.4) is 0 Å². The lowest BCUT2D eigenvalue weighted by atomic mass is 10.1. The van der Waals surface area contributed by atoms with Crippen LogP contribution >= 0.6 is 46.4 Å². The van der Waals surface area contributed by atoms with E-state index >= 15 is 0 Å². The quantitative estimate of drug-likeness (QED) is 0.698. The van der Waals surface area contributed by atoms with Gasteiger partial charge in [-0.2, -0.15) is 0 Å². The first-order chi connectivity index (χ1) is 9.49. The Morgan fingerprint density at radius 1 is 0.950 bits per heavy atom. The maximum absolute atomic E-state index is 6.16. The summed E-state index contributed by atoms with van der Waals surface area (Å²) in [6, 6.07) is 11.3. The summed E-state index contributed by atoms with van der Waals surface area (Å²) in [5, 5.41) is 5.64. The molecule has 0 radical (unpaired) electrons. The van der Waals surface area contributed by atoms with E-state index in [1.807, 2.05) is 24.3 Å². The van der Waals surface area contributed by atoms with Crippen molar-refractivity contribution in [1.29, 1.82) is 0 Å². The van der Waals surface area contributed by atoms with Gasteiger partial charge < -0.3 is 5.32 Å². The first-order valence-corrected chi connectivity index (χ1v) is 7.61. The van der Waals surface area contributed by atoms with Gasteiger partial charge in [0.05, 0.1) is 20.1 Å². The molecule has 0 fully saturated rings. The van der Waals surface area contributed by atoms with Gasteiger partial charge in [0, 0.05) is 12.6 Å². The van der Waals surface area contributed by atoms with Gasteiger partial charge in [-0.15, -0.1) is 0 Å². The fourth-order valence-electron chi connectivity index (χ4n) is 1.85. The number of nitrogens with one attached hydrogen (secondary N) is 1. The molecule has 0 aromatic heterocycles. The number of hydrogen-bond donors (Lipinski definition) is 1. The van der Waals surface area contributed by atoms with E-state index in [9.17, 15) is 0 Å². The maximum Gasteiger partial charge on any atom is 0.0637 e. The Balaban J connectivity index is 2.06. The Kier molecular flexibility index (Phi) is 5.59. The van der Waals surface area contributed by atoms with E-state index in [2.05, 4.69) is 12.2 Å². The van der Waals surface area contributed by atoms with Crippen molar-refractivity contribution in [3.63, 3.8) is 0 Å². The molecule has 2 aromatic carbocycles. The van der Waals surface area contributed by atoms with Crippen molar-refractivity contribution in [2.24, 2.45) is 0 Å². The van der Waals surface area contributed by atoms with Gasteiger partial charge in [0.15, 0.2) is 0 Å². The number of rotatable bonds is 4. The molecule has 0 aliphatic heterocycles. The van der Waals surface area contributed by atoms with Crippen LogP contribution in [0.25, 0.3) is 0 Å². The summed E-state index contributed by atoms with van der Waals surface area (Å²) >= 11 is 24.1. The topological polar surface area (TPSA) is 12.0 Å². The smallest absolute Gasteiger partial charge is 0.0637 e. The molecule has 2 aromatic rings. The molecule has 20 heavy (non-hydrogen) atoms. The summed E-state index contributed by atoms with van der Waals surface area (Å²) in [4.78, 5) is 0. The van der Waals surface area contributed by atoms with Crippen LogP contribution in [0.1, 0.15) is 24.1 Å². The minimum absolute atomic E-state index is 0.125. The number of benzene rings is 2. The van der Waals surface area contributed by atoms with Crippen LogP contribution in [0, 0.1) is 0 Å². The van der Waals surface area contributed by atoms with Crippen LogP contribution in [0.2, 0.25) is 20.1 Å². The molecule has 1 nitrogen and oxygen atoms in total. The lowest BCUT2D eigenvalue weighted by Crippen LogP contribution is -2.18. The minimum Gasteiger partial charge on any atom is -0.306 e. The molecule has 0 heterocycles. The Labute approximate surface area is 138 Å². The van der Waals surface area contributed by atoms with E-state index < -0.39 is 0 Å². The molecular formula is C15H13Cl4N. The molecular weight excluding hydrogens is 336 g/mol. The summed E-state index contributed by atoms with van der Waals surface area (Å²) in [6.07, 6.45) is 0. The van der Waals surface area contributed by atoms with Crippen LogP contribution in [0.5, 0.6) is 0 Å². The van der Waals surface area contributed by atoms with E-state index in [1.54, 1.807) is 12.1 Å². The highest BCUT2D eigenvalue weighted by atomic mass is 35.5. The zero-order chi connectivity index (χ0) is 14.7. The second kappa shape index (κ2) is 7.02. The summed E-state index contributed by atoms with van der Waals surface area (Å²) in [7, 11) is 0. The largest absolute Gasteiger partial charge is 0.306 e. The number of halogens is 4. The number of hydrogen-bond acceptors (Lipinski definition) is 1. The monoisotopic (exact) mass is 347 g/mol. The van der Waals surface area contributed by atoms with Gasteiger partial charge in [0.1, 0.15) is 0 Å². The van der Waals surface area contributed by atoms with Gasteiger partial charge in [-0.05, 0) is 36.2 Å². The van der Waals surface area contributed by atoms with Gasteiger partial charge in [-0.25, -0.2) is 0 Å². The zero-order valence-electron chi connectivity index (χ0n) is 10.8. The van der Waals surface area contributed by atoms with Gasteiger partial charge in [-0.3, -0.25) is 0 Å². The average Bonchev–Trinajstić information content (AvgIpc) is 2.43. The van der Waals surface area contributed by atoms with E-state index in [0.29, 0.717) is 26.6 Å². The SMILES string of the molecule is CC(NCc1cccc(Cl)c1Cl)c1ccc(Cl)c(Cl)c1. The summed E-state index contributed by atoms with van der Waals surface area (Å²) < 4.78 is 0. The third-order valence-electron chi connectivity index (χ3n) is 3.07. The Morgan fingerprint density at radius 2 is 1.70 bits per heavy atom. The molecule has 0 spiro atoms. The Hall–Kier alpha value is -0.440. The second-order valence-corrected chi connectivity index (χ2v) is 6.09. The van der Waals surface area contributed by atoms with Crippen molar-refractivity contribution in [2.45, 2.75) is 19.5 Å². The highest BCUT2D eigenvalue weighted by Crippen LogP contribution is 2.27. The normalized spacial score (nSPS) is 12.4. The summed E-state index contributed by atoms with van der Waals surface area (Å²) in [5.41, 5.74) is 2.03. The van der Waals surface area contributed by atoms with Gasteiger partial charge in [0.2, 0.25) is 0 Å². The maximum atomic E-state index is 6.16. The van der Waals surface area contributed by atoms with Crippen LogP contribution in [-0.2, 0) is 6.54 Å². The van der Waals surface area contributed by atoms with Crippen molar-refractivity contribution in [1.82, 2.24) is 5.32 Å². The summed E-state index contributed by atoms with van der Waals surface area (Å²) in [6.45, 7) is 2.68. The molecule has 1 atom stereocenters.